The van der Waals surface area contributed by atoms with E-state index in [1.807, 2.05) is 0 Å². The van der Waals surface area contributed by atoms with Crippen LogP contribution < -0.4 is 5.73 Å². The predicted molar refractivity (Wildman–Crippen MR) is 84.3 cm³/mol. The molecule has 0 spiro atoms. The van der Waals surface area contributed by atoms with E-state index in [9.17, 15) is 4.79 Å². The lowest BCUT2D eigenvalue weighted by atomic mass is 10.5. The Bertz CT molecular complexity index is 232. The summed E-state index contributed by atoms with van der Waals surface area (Å²) in [6, 6.07) is 0. The lowest BCUT2D eigenvalue weighted by molar-refractivity contribution is -0.0161. The van der Waals surface area contributed by atoms with Crippen LogP contribution in [-0.4, -0.2) is 92.1 Å². The molecule has 0 aromatic carbocycles. The van der Waals surface area contributed by atoms with Crippen LogP contribution in [0, 0.1) is 0 Å². The lowest BCUT2D eigenvalue weighted by Crippen LogP contribution is -2.15. The first-order chi connectivity index (χ1) is 11.4. The van der Waals surface area contributed by atoms with Gasteiger partial charge in [0.2, 0.25) is 6.29 Å². The summed E-state index contributed by atoms with van der Waals surface area (Å²) < 4.78 is 31.5. The van der Waals surface area contributed by atoms with E-state index in [0.717, 1.165) is 0 Å². The van der Waals surface area contributed by atoms with E-state index < -0.39 is 0 Å². The van der Waals surface area contributed by atoms with Crippen LogP contribution in [0.5, 0.6) is 0 Å². The summed E-state index contributed by atoms with van der Waals surface area (Å²) in [6.45, 7) is 6.70. The third kappa shape index (κ3) is 21.4. The van der Waals surface area contributed by atoms with Gasteiger partial charge in [0.25, 0.3) is 0 Å². The number of hydrogen-bond donors (Lipinski definition) is 1. The SMILES string of the molecule is NCCOCCOCCOCCOCCOCCOCC[C]=O. The molecule has 0 rings (SSSR count). The van der Waals surface area contributed by atoms with Crippen LogP contribution in [0.3, 0.4) is 0 Å². The zero-order chi connectivity index (χ0) is 16.8. The standard InChI is InChI=1S/C15H30NO7/c16-2-5-19-7-9-21-11-13-23-15-14-22-12-10-20-8-6-18-4-1-3-17/h1-2,4-16H2. The fourth-order valence-electron chi connectivity index (χ4n) is 1.40. The predicted octanol–water partition coefficient (Wildman–Crippen LogP) is -0.455. The Labute approximate surface area is 138 Å². The van der Waals surface area contributed by atoms with Crippen LogP contribution in [0.2, 0.25) is 0 Å². The Balaban J connectivity index is 2.93. The molecule has 0 amide bonds. The molecule has 1 radical (unpaired) electrons. The maximum absolute atomic E-state index is 9.91. The molecule has 0 heterocycles. The number of hydrogen-bond acceptors (Lipinski definition) is 8. The summed E-state index contributed by atoms with van der Waals surface area (Å²) in [6.07, 6.45) is 2.06. The molecule has 0 saturated heterocycles. The quantitative estimate of drug-likeness (QED) is 0.298. The molecule has 0 aliphatic carbocycles. The minimum Gasteiger partial charge on any atom is -0.379 e. The summed E-state index contributed by atoms with van der Waals surface area (Å²) in [7, 11) is 0. The van der Waals surface area contributed by atoms with E-state index >= 15 is 0 Å². The Hall–Kier alpha value is -0.610. The van der Waals surface area contributed by atoms with Gasteiger partial charge in [-0.05, 0) is 0 Å². The van der Waals surface area contributed by atoms with Gasteiger partial charge >= 0.3 is 0 Å². The first-order valence-corrected chi connectivity index (χ1v) is 7.93. The monoisotopic (exact) mass is 336 g/mol. The number of nitrogens with two attached hydrogens (primary N) is 1. The summed E-state index contributed by atoms with van der Waals surface area (Å²) in [4.78, 5) is 9.91. The average molecular weight is 336 g/mol. The van der Waals surface area contributed by atoms with Crippen molar-refractivity contribution in [2.24, 2.45) is 5.73 Å². The highest BCUT2D eigenvalue weighted by atomic mass is 16.6. The van der Waals surface area contributed by atoms with E-state index in [1.54, 1.807) is 6.29 Å². The van der Waals surface area contributed by atoms with Crippen molar-refractivity contribution in [2.45, 2.75) is 6.42 Å². The maximum Gasteiger partial charge on any atom is 0.200 e. The van der Waals surface area contributed by atoms with Gasteiger partial charge in [0.15, 0.2) is 0 Å². The Morgan fingerprint density at radius 1 is 0.522 bits per heavy atom. The van der Waals surface area contributed by atoms with Crippen molar-refractivity contribution in [3.63, 3.8) is 0 Å². The lowest BCUT2D eigenvalue weighted by Gasteiger charge is -2.08. The van der Waals surface area contributed by atoms with E-state index in [2.05, 4.69) is 0 Å². The molecular weight excluding hydrogens is 306 g/mol. The van der Waals surface area contributed by atoms with Crippen LogP contribution in [-0.2, 0) is 33.2 Å². The molecule has 0 bridgehead atoms. The van der Waals surface area contributed by atoms with Gasteiger partial charge in [0.05, 0.1) is 79.3 Å². The fourth-order valence-corrected chi connectivity index (χ4v) is 1.40. The van der Waals surface area contributed by atoms with Crippen molar-refractivity contribution in [3.05, 3.63) is 0 Å². The molecule has 0 atom stereocenters. The number of carbonyl (C=O) groups excluding carboxylic acids is 1. The maximum atomic E-state index is 9.91. The molecule has 137 valence electrons. The second-order valence-corrected chi connectivity index (χ2v) is 4.36. The highest BCUT2D eigenvalue weighted by molar-refractivity contribution is 5.50. The average Bonchev–Trinajstić information content (AvgIpc) is 2.57. The zero-order valence-electron chi connectivity index (χ0n) is 13.8. The van der Waals surface area contributed by atoms with Gasteiger partial charge in [-0.15, -0.1) is 0 Å². The van der Waals surface area contributed by atoms with Crippen molar-refractivity contribution in [1.82, 2.24) is 0 Å². The van der Waals surface area contributed by atoms with Crippen molar-refractivity contribution in [2.75, 3.05) is 85.8 Å². The molecule has 0 aromatic heterocycles. The van der Waals surface area contributed by atoms with Gasteiger partial charge in [-0.1, -0.05) is 0 Å². The first kappa shape index (κ1) is 22.4. The summed E-state index contributed by atoms with van der Waals surface area (Å²) >= 11 is 0. The van der Waals surface area contributed by atoms with Gasteiger partial charge in [-0.3, -0.25) is 4.79 Å². The zero-order valence-corrected chi connectivity index (χ0v) is 13.8. The van der Waals surface area contributed by atoms with Crippen LogP contribution >= 0.6 is 0 Å². The fraction of sp³-hybridized carbons (Fsp3) is 0.933. The highest BCUT2D eigenvalue weighted by Crippen LogP contribution is 1.85. The molecular formula is C15H30NO7. The second kappa shape index (κ2) is 21.4. The second-order valence-electron chi connectivity index (χ2n) is 4.36. The molecule has 0 unspecified atom stereocenters. The molecule has 0 fully saturated rings. The largest absolute Gasteiger partial charge is 0.379 e. The first-order valence-electron chi connectivity index (χ1n) is 7.93. The van der Waals surface area contributed by atoms with Crippen LogP contribution in [0.4, 0.5) is 0 Å². The van der Waals surface area contributed by atoms with Crippen molar-refractivity contribution >= 4 is 6.29 Å². The van der Waals surface area contributed by atoms with E-state index in [0.29, 0.717) is 92.2 Å². The highest BCUT2D eigenvalue weighted by Gasteiger charge is 1.94. The normalized spacial score (nSPS) is 11.0. The number of ether oxygens (including phenoxy) is 6. The van der Waals surface area contributed by atoms with Crippen LogP contribution in [0.15, 0.2) is 0 Å². The van der Waals surface area contributed by atoms with E-state index in [1.165, 1.54) is 0 Å². The Kier molecular flexibility index (Phi) is 20.8. The topological polar surface area (TPSA) is 98.5 Å². The van der Waals surface area contributed by atoms with Gasteiger partial charge in [0.1, 0.15) is 0 Å². The minimum atomic E-state index is 0.302. The Morgan fingerprint density at radius 2 is 0.826 bits per heavy atom. The third-order valence-electron chi connectivity index (χ3n) is 2.47. The number of rotatable bonds is 20. The van der Waals surface area contributed by atoms with E-state index in [-0.39, 0.29) is 0 Å². The third-order valence-corrected chi connectivity index (χ3v) is 2.47. The van der Waals surface area contributed by atoms with Gasteiger partial charge in [-0.25, -0.2) is 0 Å². The summed E-state index contributed by atoms with van der Waals surface area (Å²) in [5, 5.41) is 0. The molecule has 8 nitrogen and oxygen atoms in total. The van der Waals surface area contributed by atoms with Gasteiger partial charge < -0.3 is 34.2 Å². The van der Waals surface area contributed by atoms with Crippen LogP contribution in [0.1, 0.15) is 6.42 Å². The Morgan fingerprint density at radius 3 is 1.13 bits per heavy atom. The summed E-state index contributed by atoms with van der Waals surface area (Å²) in [5.74, 6) is 0. The molecule has 0 saturated carbocycles. The van der Waals surface area contributed by atoms with Gasteiger partial charge in [0, 0.05) is 13.0 Å². The van der Waals surface area contributed by atoms with Crippen molar-refractivity contribution < 1.29 is 33.2 Å². The molecule has 8 heteroatoms. The summed E-state index contributed by atoms with van der Waals surface area (Å²) in [5.41, 5.74) is 5.28. The molecule has 23 heavy (non-hydrogen) atoms. The van der Waals surface area contributed by atoms with Crippen molar-refractivity contribution in [3.8, 4) is 0 Å². The molecule has 0 aliphatic heterocycles. The molecule has 0 aliphatic rings. The van der Waals surface area contributed by atoms with Crippen molar-refractivity contribution in [1.29, 1.82) is 0 Å². The smallest absolute Gasteiger partial charge is 0.200 e. The van der Waals surface area contributed by atoms with Gasteiger partial charge in [-0.2, -0.15) is 0 Å². The minimum absolute atomic E-state index is 0.302. The van der Waals surface area contributed by atoms with Crippen LogP contribution in [0.25, 0.3) is 0 Å². The molecule has 0 aromatic rings. The molecule has 2 N–H and O–H groups in total. The van der Waals surface area contributed by atoms with E-state index in [4.69, 9.17) is 34.2 Å².